The highest BCUT2D eigenvalue weighted by Crippen LogP contribution is 2.16. The second-order valence-electron chi connectivity index (χ2n) is 19.2. The number of phenols is 1. The van der Waals surface area contributed by atoms with E-state index in [4.69, 9.17) is 5.73 Å². The van der Waals surface area contributed by atoms with Gasteiger partial charge in [-0.1, -0.05) is 180 Å². The minimum absolute atomic E-state index is 0.00657. The standard InChI is InChI=1S/C55H96N6O8/c1-3-5-7-9-11-13-15-17-19-21-23-25-27-35-50(64)57-42-32-30-34-47(58-51(65)36-28-26-24-22-20-18-16-14-12-10-8-6-4-2)53(67)60-49(43-45-37-39-46(63)40-38-45)55(69)59-48(33-29-31-41-56)54(68)61-52(66)44-62/h37-40,44,47-49,63H,3-36,41-43,56H2,1-2H3,(H,57,64)(H,58,65)(H,59,69)(H,60,67)(H,61,66,68)/t47-,48-,49-/m0/s1. The van der Waals surface area contributed by atoms with Gasteiger partial charge in [0.2, 0.25) is 35.8 Å². The topological polar surface area (TPSA) is 226 Å². The molecular weight excluding hydrogens is 873 g/mol. The molecule has 0 unspecified atom stereocenters. The first kappa shape index (κ1) is 62.7. The number of aromatic hydroxyl groups is 1. The fourth-order valence-electron chi connectivity index (χ4n) is 8.55. The summed E-state index contributed by atoms with van der Waals surface area (Å²) in [4.78, 5) is 89.8. The Morgan fingerprint density at radius 3 is 1.36 bits per heavy atom. The zero-order valence-electron chi connectivity index (χ0n) is 43.2. The predicted octanol–water partition coefficient (Wildman–Crippen LogP) is 9.61. The van der Waals surface area contributed by atoms with Gasteiger partial charge in [-0.05, 0) is 75.6 Å². The fourth-order valence-corrected chi connectivity index (χ4v) is 8.55. The minimum atomic E-state index is -1.22. The van der Waals surface area contributed by atoms with Gasteiger partial charge in [0.15, 0.2) is 0 Å². The highest BCUT2D eigenvalue weighted by Gasteiger charge is 2.30. The lowest BCUT2D eigenvalue weighted by molar-refractivity contribution is -0.138. The maximum Gasteiger partial charge on any atom is 0.290 e. The van der Waals surface area contributed by atoms with Crippen LogP contribution in [0, 0.1) is 0 Å². The average molecular weight is 969 g/mol. The van der Waals surface area contributed by atoms with Crippen molar-refractivity contribution in [1.82, 2.24) is 26.6 Å². The molecule has 1 aromatic rings. The van der Waals surface area contributed by atoms with Gasteiger partial charge in [-0.15, -0.1) is 0 Å². The Bertz CT molecular complexity index is 1530. The highest BCUT2D eigenvalue weighted by atomic mass is 16.3. The van der Waals surface area contributed by atoms with E-state index in [1.54, 1.807) is 12.1 Å². The number of phenolic OH excluding ortho intramolecular Hbond substituents is 1. The molecule has 3 atom stereocenters. The van der Waals surface area contributed by atoms with Crippen LogP contribution in [-0.2, 0) is 40.0 Å². The van der Waals surface area contributed by atoms with E-state index in [0.717, 1.165) is 38.5 Å². The summed E-state index contributed by atoms with van der Waals surface area (Å²) >= 11 is 0. The normalized spacial score (nSPS) is 12.4. The van der Waals surface area contributed by atoms with Gasteiger partial charge in [0.05, 0.1) is 0 Å². The van der Waals surface area contributed by atoms with E-state index in [0.29, 0.717) is 57.2 Å². The van der Waals surface area contributed by atoms with Crippen molar-refractivity contribution in [2.75, 3.05) is 13.1 Å². The first-order valence-electron chi connectivity index (χ1n) is 27.5. The van der Waals surface area contributed by atoms with Crippen molar-refractivity contribution in [2.45, 2.75) is 257 Å². The second kappa shape index (κ2) is 43.7. The van der Waals surface area contributed by atoms with Gasteiger partial charge in [-0.3, -0.25) is 38.9 Å². The van der Waals surface area contributed by atoms with Crippen LogP contribution in [0.15, 0.2) is 24.3 Å². The summed E-state index contributed by atoms with van der Waals surface area (Å²) in [5.74, 6) is -3.57. The third kappa shape index (κ3) is 35.4. The summed E-state index contributed by atoms with van der Waals surface area (Å²) in [7, 11) is 0. The molecule has 1 aromatic carbocycles. The zero-order chi connectivity index (χ0) is 50.6. The van der Waals surface area contributed by atoms with Crippen LogP contribution in [-0.4, -0.2) is 78.1 Å². The molecule has 0 saturated carbocycles. The molecule has 0 bridgehead atoms. The van der Waals surface area contributed by atoms with Gasteiger partial charge < -0.3 is 32.1 Å². The van der Waals surface area contributed by atoms with Crippen LogP contribution in [0.2, 0.25) is 0 Å². The molecule has 394 valence electrons. The molecule has 0 radical (unpaired) electrons. The van der Waals surface area contributed by atoms with E-state index >= 15 is 0 Å². The van der Waals surface area contributed by atoms with E-state index < -0.39 is 41.8 Å². The molecule has 0 fully saturated rings. The number of unbranched alkanes of at least 4 members (excludes halogenated alkanes) is 26. The molecule has 8 N–H and O–H groups in total. The second-order valence-corrected chi connectivity index (χ2v) is 19.2. The molecule has 0 saturated heterocycles. The van der Waals surface area contributed by atoms with Crippen molar-refractivity contribution in [3.63, 3.8) is 0 Å². The molecule has 0 aliphatic carbocycles. The average Bonchev–Trinajstić information content (AvgIpc) is 3.33. The van der Waals surface area contributed by atoms with Crippen LogP contribution in [0.3, 0.4) is 0 Å². The molecule has 0 aromatic heterocycles. The van der Waals surface area contributed by atoms with E-state index in [-0.39, 0.29) is 49.5 Å². The number of benzene rings is 1. The van der Waals surface area contributed by atoms with E-state index in [9.17, 15) is 38.7 Å². The Labute approximate surface area is 416 Å². The number of rotatable bonds is 46. The van der Waals surface area contributed by atoms with Gasteiger partial charge in [0.1, 0.15) is 23.9 Å². The molecule has 14 heteroatoms. The lowest BCUT2D eigenvalue weighted by Gasteiger charge is -2.25. The van der Waals surface area contributed by atoms with Crippen molar-refractivity contribution in [1.29, 1.82) is 0 Å². The van der Waals surface area contributed by atoms with Crippen molar-refractivity contribution >= 4 is 41.7 Å². The van der Waals surface area contributed by atoms with Crippen LogP contribution in [0.5, 0.6) is 5.75 Å². The van der Waals surface area contributed by atoms with Gasteiger partial charge >= 0.3 is 0 Å². The van der Waals surface area contributed by atoms with Gasteiger partial charge in [-0.2, -0.15) is 0 Å². The number of amides is 6. The lowest BCUT2D eigenvalue weighted by atomic mass is 10.0. The molecule has 6 amide bonds. The molecule has 0 heterocycles. The summed E-state index contributed by atoms with van der Waals surface area (Å²) in [6.07, 6.45) is 34.6. The molecule has 69 heavy (non-hydrogen) atoms. The first-order chi connectivity index (χ1) is 33.5. The van der Waals surface area contributed by atoms with E-state index in [2.05, 4.69) is 35.1 Å². The van der Waals surface area contributed by atoms with Crippen molar-refractivity contribution in [2.24, 2.45) is 5.73 Å². The number of aldehydes is 1. The molecule has 0 aliphatic rings. The third-order valence-electron chi connectivity index (χ3n) is 12.9. The zero-order valence-corrected chi connectivity index (χ0v) is 43.2. The van der Waals surface area contributed by atoms with Crippen LogP contribution in [0.25, 0.3) is 0 Å². The number of nitrogens with two attached hydrogens (primary N) is 1. The smallest absolute Gasteiger partial charge is 0.290 e. The van der Waals surface area contributed by atoms with Gasteiger partial charge in [-0.25, -0.2) is 0 Å². The quantitative estimate of drug-likeness (QED) is 0.0187. The number of imide groups is 1. The highest BCUT2D eigenvalue weighted by molar-refractivity contribution is 6.28. The van der Waals surface area contributed by atoms with Crippen LogP contribution >= 0.6 is 0 Å². The van der Waals surface area contributed by atoms with E-state index in [1.165, 1.54) is 134 Å². The van der Waals surface area contributed by atoms with Crippen molar-refractivity contribution < 1.29 is 38.7 Å². The molecular formula is C55H96N6O8. The Balaban J connectivity index is 2.86. The SMILES string of the molecule is CCCCCCCCCCCCCCCC(=O)NCCCC[C@H](NC(=O)CCCCCCCCCCCCCCC)C(=O)N[C@@H](Cc1ccc(O)cc1)C(=O)N[C@@H](CCCCN)C(=O)NC(=O)C=O. The first-order valence-corrected chi connectivity index (χ1v) is 27.5. The monoisotopic (exact) mass is 969 g/mol. The van der Waals surface area contributed by atoms with Gasteiger partial charge in [0.25, 0.3) is 5.91 Å². The fraction of sp³-hybridized carbons (Fsp3) is 0.764. The maximum atomic E-state index is 14.1. The number of hydrogen-bond acceptors (Lipinski definition) is 9. The number of nitrogens with one attached hydrogen (secondary N) is 5. The lowest BCUT2D eigenvalue weighted by Crippen LogP contribution is -2.57. The molecule has 0 aliphatic heterocycles. The van der Waals surface area contributed by atoms with Crippen LogP contribution < -0.4 is 32.3 Å². The van der Waals surface area contributed by atoms with E-state index in [1.807, 2.05) is 5.32 Å². The Kier molecular flexibility index (Phi) is 39.7. The van der Waals surface area contributed by atoms with Crippen molar-refractivity contribution in [3.05, 3.63) is 29.8 Å². The summed E-state index contributed by atoms with van der Waals surface area (Å²) in [5.41, 5.74) is 6.25. The minimum Gasteiger partial charge on any atom is -0.508 e. The number of carbonyl (C=O) groups is 7. The van der Waals surface area contributed by atoms with Gasteiger partial charge in [0, 0.05) is 25.8 Å². The third-order valence-corrected chi connectivity index (χ3v) is 12.9. The maximum absolute atomic E-state index is 14.1. The summed E-state index contributed by atoms with van der Waals surface area (Å²) in [6.45, 7) is 5.26. The molecule has 1 rings (SSSR count). The largest absolute Gasteiger partial charge is 0.508 e. The number of hydrogen-bond donors (Lipinski definition) is 7. The summed E-state index contributed by atoms with van der Waals surface area (Å²) < 4.78 is 0. The molecule has 14 nitrogen and oxygen atoms in total. The van der Waals surface area contributed by atoms with Crippen LogP contribution in [0.1, 0.15) is 238 Å². The number of carbonyl (C=O) groups excluding carboxylic acids is 7. The Morgan fingerprint density at radius 2 is 0.899 bits per heavy atom. The van der Waals surface area contributed by atoms with Crippen LogP contribution in [0.4, 0.5) is 0 Å². The predicted molar refractivity (Wildman–Crippen MR) is 277 cm³/mol. The summed E-state index contributed by atoms with van der Waals surface area (Å²) in [6, 6.07) is 2.72. The summed E-state index contributed by atoms with van der Waals surface area (Å²) in [5, 5.41) is 23.2. The Hall–Kier alpha value is -4.33. The Morgan fingerprint density at radius 1 is 0.493 bits per heavy atom. The van der Waals surface area contributed by atoms with Crippen molar-refractivity contribution in [3.8, 4) is 5.75 Å². The molecule has 0 spiro atoms.